The molecule has 0 saturated heterocycles. The van der Waals surface area contributed by atoms with Gasteiger partial charge in [-0.25, -0.2) is 15.0 Å². The molecule has 9 rings (SSSR count). The van der Waals surface area contributed by atoms with Gasteiger partial charge in [-0.1, -0.05) is 127 Å². The van der Waals surface area contributed by atoms with E-state index in [1.54, 1.807) is 0 Å². The summed E-state index contributed by atoms with van der Waals surface area (Å²) in [7, 11) is 0. The first-order valence-electron chi connectivity index (χ1n) is 15.0. The summed E-state index contributed by atoms with van der Waals surface area (Å²) >= 11 is 0. The molecule has 2 heterocycles. The summed E-state index contributed by atoms with van der Waals surface area (Å²) < 4.78 is 6.39. The molecule has 4 heteroatoms. The van der Waals surface area contributed by atoms with E-state index in [4.69, 9.17) is 19.4 Å². The van der Waals surface area contributed by atoms with E-state index >= 15 is 0 Å². The van der Waals surface area contributed by atoms with Crippen LogP contribution in [0.25, 0.3) is 88.8 Å². The van der Waals surface area contributed by atoms with Crippen LogP contribution in [0.3, 0.4) is 0 Å². The Bertz CT molecular complexity index is 2550. The van der Waals surface area contributed by atoms with Crippen LogP contribution in [-0.4, -0.2) is 15.0 Å². The van der Waals surface area contributed by atoms with Crippen LogP contribution >= 0.6 is 0 Å². The van der Waals surface area contributed by atoms with Gasteiger partial charge in [0.05, 0.1) is 0 Å². The van der Waals surface area contributed by atoms with Crippen LogP contribution < -0.4 is 0 Å². The molecule has 0 aliphatic carbocycles. The number of hydrogen-bond acceptors (Lipinski definition) is 4. The Kier molecular flexibility index (Phi) is 5.78. The topological polar surface area (TPSA) is 51.8 Å². The van der Waals surface area contributed by atoms with E-state index < -0.39 is 0 Å². The molecule has 0 radical (unpaired) electrons. The normalized spacial score (nSPS) is 11.6. The van der Waals surface area contributed by atoms with E-state index in [0.29, 0.717) is 17.5 Å². The highest BCUT2D eigenvalue weighted by Gasteiger charge is 2.19. The van der Waals surface area contributed by atoms with Crippen molar-refractivity contribution >= 4 is 43.5 Å². The zero-order chi connectivity index (χ0) is 29.7. The zero-order valence-corrected chi connectivity index (χ0v) is 24.2. The van der Waals surface area contributed by atoms with Crippen molar-refractivity contribution in [1.29, 1.82) is 0 Å². The maximum Gasteiger partial charge on any atom is 0.164 e. The highest BCUT2D eigenvalue weighted by molar-refractivity contribution is 6.18. The molecule has 0 aliphatic heterocycles. The van der Waals surface area contributed by atoms with E-state index in [9.17, 15) is 0 Å². The number of benzene rings is 7. The van der Waals surface area contributed by atoms with Crippen LogP contribution in [0, 0.1) is 0 Å². The van der Waals surface area contributed by atoms with Crippen molar-refractivity contribution in [3.05, 3.63) is 152 Å². The SMILES string of the molecule is c1ccc(-c2cccc(-c3nc(-c4ccc5ccccc5c4)nc(-c4cc5c6ccccc6oc5c5ccccc45)n3)c2)cc1. The molecule has 2 aromatic heterocycles. The fourth-order valence-corrected chi connectivity index (χ4v) is 6.28. The second-order valence-corrected chi connectivity index (χ2v) is 11.3. The van der Waals surface area contributed by atoms with E-state index in [-0.39, 0.29) is 0 Å². The minimum atomic E-state index is 0.622. The van der Waals surface area contributed by atoms with Crippen molar-refractivity contribution in [3.8, 4) is 45.3 Å². The van der Waals surface area contributed by atoms with Gasteiger partial charge in [0.1, 0.15) is 11.2 Å². The molecule has 0 bridgehead atoms. The van der Waals surface area contributed by atoms with Gasteiger partial charge in [0, 0.05) is 32.8 Å². The number of hydrogen-bond donors (Lipinski definition) is 0. The van der Waals surface area contributed by atoms with Gasteiger partial charge < -0.3 is 4.42 Å². The van der Waals surface area contributed by atoms with Gasteiger partial charge in [-0.05, 0) is 51.6 Å². The van der Waals surface area contributed by atoms with E-state index in [2.05, 4.69) is 121 Å². The number of fused-ring (bicyclic) bond motifs is 6. The van der Waals surface area contributed by atoms with Crippen molar-refractivity contribution in [3.63, 3.8) is 0 Å². The molecule has 210 valence electrons. The highest BCUT2D eigenvalue weighted by atomic mass is 16.3. The van der Waals surface area contributed by atoms with Gasteiger partial charge in [0.25, 0.3) is 0 Å². The third kappa shape index (κ3) is 4.35. The first-order chi connectivity index (χ1) is 22.3. The van der Waals surface area contributed by atoms with E-state index in [0.717, 1.165) is 65.9 Å². The summed E-state index contributed by atoms with van der Waals surface area (Å²) in [6, 6.07) is 52.2. The van der Waals surface area contributed by atoms with Crippen molar-refractivity contribution in [2.24, 2.45) is 0 Å². The minimum absolute atomic E-state index is 0.622. The fourth-order valence-electron chi connectivity index (χ4n) is 6.28. The third-order valence-electron chi connectivity index (χ3n) is 8.50. The van der Waals surface area contributed by atoms with Crippen molar-refractivity contribution in [2.75, 3.05) is 0 Å². The zero-order valence-electron chi connectivity index (χ0n) is 24.2. The summed E-state index contributed by atoms with van der Waals surface area (Å²) in [5, 5.41) is 6.49. The Morgan fingerprint density at radius 2 is 0.978 bits per heavy atom. The summed E-state index contributed by atoms with van der Waals surface area (Å²) in [6.45, 7) is 0. The van der Waals surface area contributed by atoms with Crippen LogP contribution in [0.15, 0.2) is 156 Å². The quantitative estimate of drug-likeness (QED) is 0.209. The van der Waals surface area contributed by atoms with Crippen LogP contribution in [0.5, 0.6) is 0 Å². The molecule has 0 amide bonds. The largest absolute Gasteiger partial charge is 0.455 e. The van der Waals surface area contributed by atoms with Gasteiger partial charge in [0.15, 0.2) is 17.5 Å². The van der Waals surface area contributed by atoms with Crippen LogP contribution in [0.4, 0.5) is 0 Å². The monoisotopic (exact) mass is 575 g/mol. The molecule has 0 saturated carbocycles. The third-order valence-corrected chi connectivity index (χ3v) is 8.50. The lowest BCUT2D eigenvalue weighted by Gasteiger charge is -2.12. The smallest absolute Gasteiger partial charge is 0.164 e. The van der Waals surface area contributed by atoms with Gasteiger partial charge >= 0.3 is 0 Å². The molecule has 7 aromatic carbocycles. The van der Waals surface area contributed by atoms with Gasteiger partial charge in [-0.3, -0.25) is 0 Å². The lowest BCUT2D eigenvalue weighted by molar-refractivity contribution is 0.672. The maximum absolute atomic E-state index is 6.39. The number of nitrogens with zero attached hydrogens (tertiary/aromatic N) is 3. The van der Waals surface area contributed by atoms with Gasteiger partial charge in [-0.15, -0.1) is 0 Å². The molecule has 0 fully saturated rings. The first kappa shape index (κ1) is 25.4. The molecule has 0 spiro atoms. The summed E-state index contributed by atoms with van der Waals surface area (Å²) in [5.41, 5.74) is 6.80. The lowest BCUT2D eigenvalue weighted by Crippen LogP contribution is -2.01. The molecule has 0 N–H and O–H groups in total. The second-order valence-electron chi connectivity index (χ2n) is 11.3. The molecule has 0 unspecified atom stereocenters. The van der Waals surface area contributed by atoms with Crippen molar-refractivity contribution in [1.82, 2.24) is 15.0 Å². The summed E-state index contributed by atoms with van der Waals surface area (Å²) in [5.74, 6) is 1.88. The summed E-state index contributed by atoms with van der Waals surface area (Å²) in [4.78, 5) is 15.4. The number of rotatable bonds is 4. The van der Waals surface area contributed by atoms with E-state index in [1.165, 1.54) is 5.39 Å². The van der Waals surface area contributed by atoms with Gasteiger partial charge in [-0.2, -0.15) is 0 Å². The standard InChI is InChI=1S/C41H25N3O/c1-2-11-26(12-3-1)29-15-10-16-30(23-29)39-42-40(31-22-21-27-13-4-5-14-28(27)24-31)44-41(43-39)36-25-35-33-18-8-9-20-37(33)45-38(35)34-19-7-6-17-32(34)36/h1-25H. The molecule has 45 heavy (non-hydrogen) atoms. The van der Waals surface area contributed by atoms with Gasteiger partial charge in [0.2, 0.25) is 0 Å². The molecular weight excluding hydrogens is 550 g/mol. The van der Waals surface area contributed by atoms with Crippen LogP contribution in [0.2, 0.25) is 0 Å². The Labute approximate surface area is 259 Å². The Hall–Kier alpha value is -6.13. The van der Waals surface area contributed by atoms with Crippen LogP contribution in [-0.2, 0) is 0 Å². The number of furan rings is 1. The maximum atomic E-state index is 6.39. The average Bonchev–Trinajstić information content (AvgIpc) is 3.50. The molecule has 4 nitrogen and oxygen atoms in total. The van der Waals surface area contributed by atoms with Crippen molar-refractivity contribution < 1.29 is 4.42 Å². The number of aromatic nitrogens is 3. The lowest BCUT2D eigenvalue weighted by atomic mass is 9.99. The van der Waals surface area contributed by atoms with E-state index in [1.807, 2.05) is 30.3 Å². The minimum Gasteiger partial charge on any atom is -0.455 e. The number of para-hydroxylation sites is 1. The second kappa shape index (κ2) is 10.2. The predicted octanol–water partition coefficient (Wildman–Crippen LogP) is 10.7. The molecule has 9 aromatic rings. The Balaban J connectivity index is 1.32. The summed E-state index contributed by atoms with van der Waals surface area (Å²) in [6.07, 6.45) is 0. The molecular formula is C41H25N3O. The highest BCUT2D eigenvalue weighted by Crippen LogP contribution is 2.39. The Morgan fingerprint density at radius 1 is 0.356 bits per heavy atom. The molecule has 0 aliphatic rings. The predicted molar refractivity (Wildman–Crippen MR) is 184 cm³/mol. The average molecular weight is 576 g/mol. The molecule has 0 atom stereocenters. The van der Waals surface area contributed by atoms with Crippen molar-refractivity contribution in [2.45, 2.75) is 0 Å². The first-order valence-corrected chi connectivity index (χ1v) is 15.0. The fraction of sp³-hybridized carbons (Fsp3) is 0. The van der Waals surface area contributed by atoms with Crippen LogP contribution in [0.1, 0.15) is 0 Å². The Morgan fingerprint density at radius 3 is 1.82 bits per heavy atom.